The Kier molecular flexibility index (Phi) is 4.48. The van der Waals surface area contributed by atoms with Gasteiger partial charge in [0.25, 0.3) is 5.91 Å². The molecule has 0 aliphatic rings. The molecule has 20 heavy (non-hydrogen) atoms. The number of aliphatic carboxylic acids is 1. The number of amides is 1. The first kappa shape index (κ1) is 14.2. The summed E-state index contributed by atoms with van der Waals surface area (Å²) < 4.78 is 0.432. The van der Waals surface area contributed by atoms with E-state index in [1.807, 2.05) is 0 Å². The number of carbonyl (C=O) groups is 2. The summed E-state index contributed by atoms with van der Waals surface area (Å²) in [6.45, 7) is 0. The van der Waals surface area contributed by atoms with Gasteiger partial charge < -0.3 is 10.2 Å². The van der Waals surface area contributed by atoms with Crippen LogP contribution in [0.3, 0.4) is 0 Å². The number of pyridine rings is 1. The van der Waals surface area contributed by atoms with Crippen LogP contribution in [0.1, 0.15) is 10.4 Å². The van der Waals surface area contributed by atoms with Crippen LogP contribution in [0.25, 0.3) is 0 Å². The maximum absolute atomic E-state index is 11.8. The van der Waals surface area contributed by atoms with Crippen LogP contribution in [0.15, 0.2) is 22.8 Å². The summed E-state index contributed by atoms with van der Waals surface area (Å²) in [5.74, 6) is -1.88. The van der Waals surface area contributed by atoms with Crippen LogP contribution in [0, 0.1) is 0 Å². The summed E-state index contributed by atoms with van der Waals surface area (Å²) in [6.07, 6.45) is 2.53. The molecule has 3 N–H and O–H groups in total. The minimum absolute atomic E-state index is 0.0648. The number of carboxylic acid groups (broad SMARTS) is 1. The molecule has 0 atom stereocenters. The lowest BCUT2D eigenvalue weighted by atomic mass is 10.2. The molecule has 0 radical (unpaired) electrons. The number of nitrogens with zero attached hydrogens (tertiary/aromatic N) is 3. The minimum atomic E-state index is -0.961. The fraction of sp³-hybridized carbons (Fsp3) is 0.100. The van der Waals surface area contributed by atoms with E-state index in [1.165, 1.54) is 12.3 Å². The van der Waals surface area contributed by atoms with Crippen LogP contribution >= 0.6 is 23.1 Å². The predicted molar refractivity (Wildman–Crippen MR) is 72.1 cm³/mol. The molecule has 0 aliphatic carbocycles. The average molecular weight is 312 g/mol. The van der Waals surface area contributed by atoms with E-state index >= 15 is 0 Å². The van der Waals surface area contributed by atoms with Crippen molar-refractivity contribution in [3.8, 4) is 5.75 Å². The van der Waals surface area contributed by atoms with Gasteiger partial charge in [0.2, 0.25) is 5.13 Å². The van der Waals surface area contributed by atoms with E-state index in [9.17, 15) is 14.7 Å². The number of carbonyl (C=O) groups excluding carboxylic acids is 1. The van der Waals surface area contributed by atoms with Gasteiger partial charge in [-0.1, -0.05) is 23.1 Å². The van der Waals surface area contributed by atoms with Crippen molar-refractivity contribution < 1.29 is 19.8 Å². The SMILES string of the molecule is O=C(O)CSc1nnc(NC(=O)c2ccncc2O)s1. The van der Waals surface area contributed by atoms with Crippen molar-refractivity contribution in [1.29, 1.82) is 0 Å². The topological polar surface area (TPSA) is 125 Å². The number of aromatic hydroxyl groups is 1. The standard InChI is InChI=1S/C10H8N4O4S2/c15-6-3-11-2-1-5(6)8(18)12-9-13-14-10(20-9)19-4-7(16)17/h1-3,15H,4H2,(H,16,17)(H,12,13,18). The monoisotopic (exact) mass is 312 g/mol. The Labute approximate surface area is 120 Å². The van der Waals surface area contributed by atoms with Gasteiger partial charge in [-0.05, 0) is 6.07 Å². The number of hydrogen-bond donors (Lipinski definition) is 3. The van der Waals surface area contributed by atoms with Crippen LogP contribution < -0.4 is 5.32 Å². The summed E-state index contributed by atoms with van der Waals surface area (Å²) in [7, 11) is 0. The smallest absolute Gasteiger partial charge is 0.313 e. The Bertz CT molecular complexity index is 646. The second-order valence-corrected chi connectivity index (χ2v) is 5.60. The number of carboxylic acids is 1. The van der Waals surface area contributed by atoms with E-state index in [0.29, 0.717) is 4.34 Å². The lowest BCUT2D eigenvalue weighted by Gasteiger charge is -2.02. The molecular weight excluding hydrogens is 304 g/mol. The van der Waals surface area contributed by atoms with Crippen LogP contribution in [0.4, 0.5) is 5.13 Å². The van der Waals surface area contributed by atoms with Gasteiger partial charge in [0, 0.05) is 6.20 Å². The molecule has 8 nitrogen and oxygen atoms in total. The molecule has 1 amide bonds. The van der Waals surface area contributed by atoms with Crippen molar-refractivity contribution in [1.82, 2.24) is 15.2 Å². The third kappa shape index (κ3) is 3.65. The van der Waals surface area contributed by atoms with Gasteiger partial charge in [0.1, 0.15) is 5.75 Å². The molecular formula is C10H8N4O4S2. The minimum Gasteiger partial charge on any atom is -0.505 e. The molecule has 0 saturated carbocycles. The molecule has 2 aromatic rings. The summed E-state index contributed by atoms with van der Waals surface area (Å²) in [4.78, 5) is 25.9. The van der Waals surface area contributed by atoms with Gasteiger partial charge >= 0.3 is 5.97 Å². The third-order valence-corrected chi connectivity index (χ3v) is 3.95. The van der Waals surface area contributed by atoms with Gasteiger partial charge in [-0.15, -0.1) is 10.2 Å². The highest BCUT2D eigenvalue weighted by atomic mass is 32.2. The van der Waals surface area contributed by atoms with E-state index in [-0.39, 0.29) is 22.2 Å². The molecule has 104 valence electrons. The highest BCUT2D eigenvalue weighted by molar-refractivity contribution is 8.01. The molecule has 0 unspecified atom stereocenters. The lowest BCUT2D eigenvalue weighted by Crippen LogP contribution is -2.11. The van der Waals surface area contributed by atoms with Gasteiger partial charge in [-0.2, -0.15) is 0 Å². The quantitative estimate of drug-likeness (QED) is 0.553. The molecule has 0 saturated heterocycles. The van der Waals surface area contributed by atoms with Crippen LogP contribution in [0.5, 0.6) is 5.75 Å². The first-order valence-electron chi connectivity index (χ1n) is 5.18. The Morgan fingerprint density at radius 2 is 2.20 bits per heavy atom. The molecule has 0 bridgehead atoms. The zero-order valence-corrected chi connectivity index (χ0v) is 11.4. The van der Waals surface area contributed by atoms with Crippen LogP contribution in [0.2, 0.25) is 0 Å². The fourth-order valence-electron chi connectivity index (χ4n) is 1.18. The van der Waals surface area contributed by atoms with Crippen molar-refractivity contribution in [3.05, 3.63) is 24.0 Å². The van der Waals surface area contributed by atoms with Crippen LogP contribution in [-0.2, 0) is 4.79 Å². The summed E-state index contributed by atoms with van der Waals surface area (Å²) in [5, 5.41) is 28.2. The number of hydrogen-bond acceptors (Lipinski definition) is 8. The lowest BCUT2D eigenvalue weighted by molar-refractivity contribution is -0.133. The van der Waals surface area contributed by atoms with Crippen molar-refractivity contribution in [2.24, 2.45) is 0 Å². The van der Waals surface area contributed by atoms with Gasteiger partial charge in [-0.25, -0.2) is 0 Å². The molecule has 0 spiro atoms. The Balaban J connectivity index is 2.02. The summed E-state index contributed by atoms with van der Waals surface area (Å²) in [6, 6.07) is 1.37. The first-order chi connectivity index (χ1) is 9.56. The Morgan fingerprint density at radius 3 is 2.90 bits per heavy atom. The Morgan fingerprint density at radius 1 is 1.40 bits per heavy atom. The number of anilines is 1. The zero-order valence-electron chi connectivity index (χ0n) is 9.81. The van der Waals surface area contributed by atoms with Crippen LogP contribution in [-0.4, -0.2) is 43.0 Å². The normalized spacial score (nSPS) is 10.2. The molecule has 0 fully saturated rings. The van der Waals surface area contributed by atoms with E-state index < -0.39 is 11.9 Å². The van der Waals surface area contributed by atoms with E-state index in [2.05, 4.69) is 20.5 Å². The number of aromatic nitrogens is 3. The second kappa shape index (κ2) is 6.30. The summed E-state index contributed by atoms with van der Waals surface area (Å²) in [5.41, 5.74) is 0.0648. The number of nitrogens with one attached hydrogen (secondary N) is 1. The predicted octanol–water partition coefficient (Wildman–Crippen LogP) is 1.07. The summed E-state index contributed by atoms with van der Waals surface area (Å²) >= 11 is 2.06. The highest BCUT2D eigenvalue weighted by Gasteiger charge is 2.14. The van der Waals surface area contributed by atoms with Gasteiger partial charge in [-0.3, -0.25) is 19.9 Å². The van der Waals surface area contributed by atoms with Crippen molar-refractivity contribution in [3.63, 3.8) is 0 Å². The largest absolute Gasteiger partial charge is 0.505 e. The molecule has 0 aromatic carbocycles. The van der Waals surface area contributed by atoms with Crippen molar-refractivity contribution >= 4 is 40.1 Å². The first-order valence-corrected chi connectivity index (χ1v) is 6.99. The molecule has 10 heteroatoms. The maximum Gasteiger partial charge on any atom is 0.313 e. The molecule has 2 rings (SSSR count). The number of thioether (sulfide) groups is 1. The van der Waals surface area contributed by atoms with E-state index in [0.717, 1.165) is 29.3 Å². The maximum atomic E-state index is 11.8. The fourth-order valence-corrected chi connectivity index (χ4v) is 2.65. The average Bonchev–Trinajstić information content (AvgIpc) is 2.84. The van der Waals surface area contributed by atoms with Gasteiger partial charge in [0.15, 0.2) is 4.34 Å². The van der Waals surface area contributed by atoms with Gasteiger partial charge in [0.05, 0.1) is 17.5 Å². The second-order valence-electron chi connectivity index (χ2n) is 3.40. The molecule has 2 aromatic heterocycles. The third-order valence-electron chi connectivity index (χ3n) is 1.99. The number of rotatable bonds is 5. The highest BCUT2D eigenvalue weighted by Crippen LogP contribution is 2.26. The van der Waals surface area contributed by atoms with E-state index in [1.54, 1.807) is 0 Å². The molecule has 0 aliphatic heterocycles. The zero-order chi connectivity index (χ0) is 14.5. The van der Waals surface area contributed by atoms with E-state index in [4.69, 9.17) is 5.11 Å². The van der Waals surface area contributed by atoms with Crippen molar-refractivity contribution in [2.45, 2.75) is 4.34 Å². The molecule has 2 heterocycles. The Hall–Kier alpha value is -2.20. The van der Waals surface area contributed by atoms with Crippen molar-refractivity contribution in [2.75, 3.05) is 11.1 Å².